The van der Waals surface area contributed by atoms with E-state index in [1.54, 1.807) is 0 Å². The zero-order valence-electron chi connectivity index (χ0n) is 16.5. The fourth-order valence-electron chi connectivity index (χ4n) is 4.76. The molecule has 3 atom stereocenters. The lowest BCUT2D eigenvalue weighted by atomic mass is 9.78. The van der Waals surface area contributed by atoms with Crippen LogP contribution in [-0.4, -0.2) is 40.1 Å². The standard InChI is InChI=1S/C22H31N3O3/c1-21(9-6-10-21)25-19(26)18(24-20(27)22(28)11-4-5-12-22)13-15-14-23-17-8-3-2-7-16(15)17/h2-3,7-8,14,16-18,23,28H,4-6,9-13H2,1H3,(H,24,27)(H,25,26). The topological polar surface area (TPSA) is 90.5 Å². The van der Waals surface area contributed by atoms with Gasteiger partial charge in [0.15, 0.2) is 0 Å². The van der Waals surface area contributed by atoms with Crippen LogP contribution >= 0.6 is 0 Å². The molecule has 28 heavy (non-hydrogen) atoms. The van der Waals surface area contributed by atoms with Crippen LogP contribution in [0.2, 0.25) is 0 Å². The van der Waals surface area contributed by atoms with Crippen LogP contribution in [0.4, 0.5) is 0 Å². The Kier molecular flexibility index (Phi) is 5.08. The van der Waals surface area contributed by atoms with Crippen LogP contribution in [0.1, 0.15) is 58.3 Å². The van der Waals surface area contributed by atoms with Crippen molar-refractivity contribution in [2.45, 2.75) is 81.5 Å². The van der Waals surface area contributed by atoms with Crippen molar-refractivity contribution in [1.82, 2.24) is 16.0 Å². The number of allylic oxidation sites excluding steroid dienone is 2. The molecule has 0 saturated heterocycles. The number of hydrogen-bond acceptors (Lipinski definition) is 4. The molecule has 0 aromatic heterocycles. The second-order valence-corrected chi connectivity index (χ2v) is 9.08. The Labute approximate surface area is 166 Å². The normalized spacial score (nSPS) is 29.9. The molecule has 0 bridgehead atoms. The molecule has 0 radical (unpaired) electrons. The van der Waals surface area contributed by atoms with Crippen LogP contribution in [0.15, 0.2) is 36.1 Å². The maximum absolute atomic E-state index is 13.1. The van der Waals surface area contributed by atoms with Crippen LogP contribution in [0.5, 0.6) is 0 Å². The molecule has 3 unspecified atom stereocenters. The van der Waals surface area contributed by atoms with E-state index in [4.69, 9.17) is 0 Å². The number of hydrogen-bond donors (Lipinski definition) is 4. The minimum absolute atomic E-state index is 0.156. The van der Waals surface area contributed by atoms with Crippen molar-refractivity contribution in [1.29, 1.82) is 0 Å². The number of carbonyl (C=O) groups is 2. The summed E-state index contributed by atoms with van der Waals surface area (Å²) in [5, 5.41) is 20.0. The van der Waals surface area contributed by atoms with Crippen molar-refractivity contribution in [3.63, 3.8) is 0 Å². The highest BCUT2D eigenvalue weighted by Gasteiger charge is 2.42. The summed E-state index contributed by atoms with van der Waals surface area (Å²) in [4.78, 5) is 25.9. The van der Waals surface area contributed by atoms with E-state index in [0.29, 0.717) is 19.3 Å². The number of aliphatic hydroxyl groups is 1. The maximum Gasteiger partial charge on any atom is 0.252 e. The molecule has 4 N–H and O–H groups in total. The molecule has 152 valence electrons. The van der Waals surface area contributed by atoms with E-state index >= 15 is 0 Å². The van der Waals surface area contributed by atoms with Gasteiger partial charge in [0.05, 0.1) is 6.04 Å². The first-order valence-corrected chi connectivity index (χ1v) is 10.5. The van der Waals surface area contributed by atoms with Gasteiger partial charge in [-0.2, -0.15) is 0 Å². The monoisotopic (exact) mass is 385 g/mol. The van der Waals surface area contributed by atoms with E-state index in [1.807, 2.05) is 18.4 Å². The van der Waals surface area contributed by atoms with Gasteiger partial charge in [-0.05, 0) is 70.1 Å². The molecule has 2 amide bonds. The van der Waals surface area contributed by atoms with Crippen molar-refractivity contribution in [3.05, 3.63) is 36.1 Å². The predicted molar refractivity (Wildman–Crippen MR) is 107 cm³/mol. The summed E-state index contributed by atoms with van der Waals surface area (Å²) in [5.74, 6) is -0.367. The molecule has 0 spiro atoms. The summed E-state index contributed by atoms with van der Waals surface area (Å²) in [6.45, 7) is 2.05. The Hall–Kier alpha value is -2.08. The van der Waals surface area contributed by atoms with Gasteiger partial charge in [-0.1, -0.05) is 24.3 Å². The Bertz CT molecular complexity index is 729. The van der Waals surface area contributed by atoms with Gasteiger partial charge in [-0.15, -0.1) is 0 Å². The van der Waals surface area contributed by atoms with E-state index in [9.17, 15) is 14.7 Å². The second-order valence-electron chi connectivity index (χ2n) is 9.08. The average Bonchev–Trinajstić information content (AvgIpc) is 3.27. The molecule has 3 aliphatic carbocycles. The third kappa shape index (κ3) is 3.75. The highest BCUT2D eigenvalue weighted by Crippen LogP contribution is 2.33. The third-order valence-corrected chi connectivity index (χ3v) is 6.82. The number of rotatable bonds is 6. The number of amides is 2. The van der Waals surface area contributed by atoms with Crippen LogP contribution in [0.25, 0.3) is 0 Å². The first kappa shape index (κ1) is 19.2. The molecule has 0 aromatic carbocycles. The minimum Gasteiger partial charge on any atom is -0.384 e. The smallest absolute Gasteiger partial charge is 0.252 e. The van der Waals surface area contributed by atoms with E-state index < -0.39 is 17.6 Å². The van der Waals surface area contributed by atoms with E-state index in [1.165, 1.54) is 0 Å². The number of nitrogens with one attached hydrogen (secondary N) is 3. The second kappa shape index (κ2) is 7.39. The fraction of sp³-hybridized carbons (Fsp3) is 0.636. The van der Waals surface area contributed by atoms with Crippen LogP contribution in [0, 0.1) is 5.92 Å². The van der Waals surface area contributed by atoms with Crippen LogP contribution in [-0.2, 0) is 9.59 Å². The summed E-state index contributed by atoms with van der Waals surface area (Å²) in [6.07, 6.45) is 16.3. The van der Waals surface area contributed by atoms with Gasteiger partial charge in [-0.25, -0.2) is 0 Å². The molecule has 1 aliphatic heterocycles. The minimum atomic E-state index is -1.34. The van der Waals surface area contributed by atoms with E-state index in [-0.39, 0.29) is 23.4 Å². The van der Waals surface area contributed by atoms with Crippen molar-refractivity contribution in [3.8, 4) is 0 Å². The molecule has 2 saturated carbocycles. The molecular formula is C22H31N3O3. The SMILES string of the molecule is CC1(NC(=O)C(CC2=CNC3C=CC=CC23)NC(=O)C2(O)CCCC2)CCC1. The largest absolute Gasteiger partial charge is 0.384 e. The first-order chi connectivity index (χ1) is 13.4. The molecule has 4 rings (SSSR count). The van der Waals surface area contributed by atoms with Crippen molar-refractivity contribution in [2.24, 2.45) is 5.92 Å². The molecule has 0 aromatic rings. The fourth-order valence-corrected chi connectivity index (χ4v) is 4.76. The lowest BCUT2D eigenvalue weighted by Gasteiger charge is -2.40. The van der Waals surface area contributed by atoms with Crippen LogP contribution < -0.4 is 16.0 Å². The van der Waals surface area contributed by atoms with E-state index in [2.05, 4.69) is 35.0 Å². The van der Waals surface area contributed by atoms with Gasteiger partial charge >= 0.3 is 0 Å². The van der Waals surface area contributed by atoms with Crippen molar-refractivity contribution in [2.75, 3.05) is 0 Å². The molecule has 1 heterocycles. The highest BCUT2D eigenvalue weighted by molar-refractivity contribution is 5.92. The lowest BCUT2D eigenvalue weighted by Crippen LogP contribution is -2.59. The predicted octanol–water partition coefficient (Wildman–Crippen LogP) is 1.82. The first-order valence-electron chi connectivity index (χ1n) is 10.5. The number of carbonyl (C=O) groups excluding carboxylic acids is 2. The zero-order chi connectivity index (χ0) is 19.8. The highest BCUT2D eigenvalue weighted by atomic mass is 16.3. The third-order valence-electron chi connectivity index (χ3n) is 6.82. The van der Waals surface area contributed by atoms with Crippen LogP contribution in [0.3, 0.4) is 0 Å². The van der Waals surface area contributed by atoms with Gasteiger partial charge in [-0.3, -0.25) is 9.59 Å². The Morgan fingerprint density at radius 1 is 1.18 bits per heavy atom. The average molecular weight is 386 g/mol. The molecule has 6 heteroatoms. The molecular weight excluding hydrogens is 354 g/mol. The molecule has 6 nitrogen and oxygen atoms in total. The summed E-state index contributed by atoms with van der Waals surface area (Å²) < 4.78 is 0. The van der Waals surface area contributed by atoms with Gasteiger partial charge in [0, 0.05) is 11.5 Å². The van der Waals surface area contributed by atoms with E-state index in [0.717, 1.165) is 37.7 Å². The Morgan fingerprint density at radius 2 is 1.89 bits per heavy atom. The molecule has 4 aliphatic rings. The zero-order valence-corrected chi connectivity index (χ0v) is 16.5. The van der Waals surface area contributed by atoms with Crippen molar-refractivity contribution < 1.29 is 14.7 Å². The summed E-state index contributed by atoms with van der Waals surface area (Å²) in [6, 6.07) is -0.469. The quantitative estimate of drug-likeness (QED) is 0.561. The number of fused-ring (bicyclic) bond motifs is 1. The Morgan fingerprint density at radius 3 is 2.57 bits per heavy atom. The van der Waals surface area contributed by atoms with Gasteiger partial charge < -0.3 is 21.1 Å². The van der Waals surface area contributed by atoms with Crippen molar-refractivity contribution >= 4 is 11.8 Å². The van der Waals surface area contributed by atoms with Gasteiger partial charge in [0.2, 0.25) is 5.91 Å². The summed E-state index contributed by atoms with van der Waals surface area (Å²) >= 11 is 0. The Balaban J connectivity index is 1.48. The van der Waals surface area contributed by atoms with Gasteiger partial charge in [0.25, 0.3) is 5.91 Å². The summed E-state index contributed by atoms with van der Waals surface area (Å²) in [5.41, 5.74) is -0.414. The lowest BCUT2D eigenvalue weighted by molar-refractivity contribution is -0.142. The summed E-state index contributed by atoms with van der Waals surface area (Å²) in [7, 11) is 0. The molecule has 2 fully saturated rings. The van der Waals surface area contributed by atoms with Gasteiger partial charge in [0.1, 0.15) is 11.6 Å². The maximum atomic E-state index is 13.1.